The molecule has 0 spiro atoms. The van der Waals surface area contributed by atoms with Crippen LogP contribution in [0.1, 0.15) is 0 Å². The summed E-state index contributed by atoms with van der Waals surface area (Å²) in [5, 5.41) is 23.8. The van der Waals surface area contributed by atoms with Gasteiger partial charge in [0.05, 0.1) is 0 Å². The second-order valence-electron chi connectivity index (χ2n) is 15.2. The van der Waals surface area contributed by atoms with Gasteiger partial charge in [-0.2, -0.15) is 0 Å². The van der Waals surface area contributed by atoms with Crippen molar-refractivity contribution in [2.75, 3.05) is 0 Å². The summed E-state index contributed by atoms with van der Waals surface area (Å²) >= 11 is -6.62. The average Bonchev–Trinajstić information content (AvgIpc) is 3.35. The fourth-order valence-corrected chi connectivity index (χ4v) is 128. The molecule has 64 heavy (non-hydrogen) atoms. The Balaban J connectivity index is 0.00000560. The molecule has 0 aliphatic rings. The molecule has 0 fully saturated rings. The molecular weight excluding hydrogens is 963 g/mol. The van der Waals surface area contributed by atoms with E-state index in [1.165, 1.54) is 0 Å². The molecule has 318 valence electrons. The molecule has 9 rings (SSSR count). The van der Waals surface area contributed by atoms with Crippen LogP contribution < -0.4 is 82.4 Å². The average molecular weight is 1010 g/mol. The van der Waals surface area contributed by atoms with E-state index in [1.54, 1.807) is 0 Å². The minimum absolute atomic E-state index is 0. The van der Waals surface area contributed by atoms with Gasteiger partial charge < -0.3 is 0 Å². The van der Waals surface area contributed by atoms with Crippen LogP contribution in [0, 0.1) is 0 Å². The molecule has 9 heteroatoms. The molecular formula is C55H48ClNaO3P3Rh. The molecule has 0 atom stereocenters. The second kappa shape index (κ2) is 19.5. The van der Waals surface area contributed by atoms with Crippen LogP contribution >= 0.6 is 26.5 Å². The van der Waals surface area contributed by atoms with Gasteiger partial charge in [-0.1, -0.05) is 0 Å². The Labute approximate surface area is 404 Å². The number of rotatable bonds is 13. The van der Waals surface area contributed by atoms with Crippen LogP contribution in [0.2, 0.25) is 0 Å². The topological polar surface area (TPSA) is 49.4 Å². The minimum Gasteiger partial charge on any atom is 1.00 e. The SMILES string of the molecule is O=C([O-])[O][Rh]([Cl])([PH](c1ccccc1)(c1ccccc1)c1ccccc1)([PH](c1ccccc1)(c1ccccc1)c1ccccc1)[PH](c1ccccc1)(c1ccccc1)c1ccccc1.[Na+]. The van der Waals surface area contributed by atoms with Gasteiger partial charge in [-0.05, 0) is 0 Å². The van der Waals surface area contributed by atoms with Crippen molar-refractivity contribution >= 4 is 80.4 Å². The third kappa shape index (κ3) is 6.85. The maximum absolute atomic E-state index is 15.1. The Kier molecular flexibility index (Phi) is 14.0. The molecule has 0 amide bonds. The van der Waals surface area contributed by atoms with Gasteiger partial charge in [0.1, 0.15) is 0 Å². The number of benzene rings is 9. The van der Waals surface area contributed by atoms with Crippen molar-refractivity contribution in [3.05, 3.63) is 273 Å². The van der Waals surface area contributed by atoms with Crippen molar-refractivity contribution in [1.29, 1.82) is 0 Å². The van der Waals surface area contributed by atoms with Crippen molar-refractivity contribution in [3.8, 4) is 0 Å². The van der Waals surface area contributed by atoms with Crippen LogP contribution in [0.4, 0.5) is 4.79 Å². The standard InChI is InChI=1S/3C18H15P.CH2O3.ClH.Na.Rh/c3*1-4-10-16(11-5-1)19(17-12-6-2-7-13-17)18-14-8-3-9-15-18;2-1(3)4;;;/h3*1-15H;(H2,2,3,4);1H;;/q;;;;;+1;-1. The zero-order chi connectivity index (χ0) is 43.2. The second-order valence-corrected chi connectivity index (χ2v) is 62.7. The number of carbonyl (C=O) groups is 1. The molecule has 9 aromatic carbocycles. The summed E-state index contributed by atoms with van der Waals surface area (Å²) in [6.07, 6.45) is -1.63. The summed E-state index contributed by atoms with van der Waals surface area (Å²) in [6, 6.07) is 94.8. The van der Waals surface area contributed by atoms with E-state index in [-0.39, 0.29) is 29.6 Å². The maximum atomic E-state index is 15.1. The van der Waals surface area contributed by atoms with E-state index in [4.69, 9.17) is 3.56 Å². The molecule has 0 aliphatic heterocycles. The molecule has 9 aromatic rings. The Morgan fingerprint density at radius 1 is 0.312 bits per heavy atom. The first kappa shape index (κ1) is 46.0. The predicted octanol–water partition coefficient (Wildman–Crippen LogP) is 6.03. The van der Waals surface area contributed by atoms with Crippen LogP contribution in [-0.4, -0.2) is 6.16 Å². The van der Waals surface area contributed by atoms with Gasteiger partial charge in [0.2, 0.25) is 0 Å². The number of carboxylic acid groups (broad SMARTS) is 1. The molecule has 0 heterocycles. The third-order valence-electron chi connectivity index (χ3n) is 12.0. The number of hydrogen-bond acceptors (Lipinski definition) is 3. The van der Waals surface area contributed by atoms with Gasteiger partial charge in [0.25, 0.3) is 0 Å². The molecule has 0 saturated heterocycles. The molecule has 0 radical (unpaired) electrons. The van der Waals surface area contributed by atoms with E-state index >= 15 is 9.90 Å². The van der Waals surface area contributed by atoms with Crippen molar-refractivity contribution in [2.24, 2.45) is 0 Å². The molecule has 0 saturated carbocycles. The van der Waals surface area contributed by atoms with E-state index in [0.717, 1.165) is 47.7 Å². The van der Waals surface area contributed by atoms with Gasteiger partial charge in [-0.3, -0.25) is 0 Å². The zero-order valence-electron chi connectivity index (χ0n) is 35.4. The van der Waals surface area contributed by atoms with Crippen LogP contribution in [-0.2, 0) is 15.1 Å². The first-order valence-corrected chi connectivity index (χ1v) is 36.5. The van der Waals surface area contributed by atoms with E-state index < -0.39 is 34.5 Å². The first-order chi connectivity index (χ1) is 30.9. The monoisotopic (exact) mass is 1010 g/mol. The van der Waals surface area contributed by atoms with Gasteiger partial charge >= 0.3 is 408 Å². The fourth-order valence-electron chi connectivity index (χ4n) is 9.81. The van der Waals surface area contributed by atoms with Crippen LogP contribution in [0.3, 0.4) is 0 Å². The Morgan fingerprint density at radius 2 is 0.438 bits per heavy atom. The van der Waals surface area contributed by atoms with Gasteiger partial charge in [0.15, 0.2) is 0 Å². The van der Waals surface area contributed by atoms with Crippen LogP contribution in [0.25, 0.3) is 0 Å². The van der Waals surface area contributed by atoms with Crippen molar-refractivity contribution in [3.63, 3.8) is 0 Å². The van der Waals surface area contributed by atoms with Gasteiger partial charge in [-0.15, -0.1) is 0 Å². The molecule has 3 nitrogen and oxygen atoms in total. The molecule has 0 N–H and O–H groups in total. The minimum atomic E-state index is -6.62. The van der Waals surface area contributed by atoms with E-state index in [9.17, 15) is 9.69 Å². The summed E-state index contributed by atoms with van der Waals surface area (Å²) in [4.78, 5) is 15.1. The maximum Gasteiger partial charge on any atom is 1.00 e. The van der Waals surface area contributed by atoms with Gasteiger partial charge in [-0.25, -0.2) is 0 Å². The summed E-state index contributed by atoms with van der Waals surface area (Å²) in [5.74, 6) is 0. The largest absolute Gasteiger partial charge is 1.00 e. The summed E-state index contributed by atoms with van der Waals surface area (Å²) in [7, 11) is 10.5. The Morgan fingerprint density at radius 3 is 0.547 bits per heavy atom. The van der Waals surface area contributed by atoms with Gasteiger partial charge in [0, 0.05) is 0 Å². The molecule has 0 aromatic heterocycles. The smallest absolute Gasteiger partial charge is 1.00 e. The fraction of sp³-hybridized carbons (Fsp3) is 0. The van der Waals surface area contributed by atoms with Crippen molar-refractivity contribution in [2.45, 2.75) is 0 Å². The summed E-state index contributed by atoms with van der Waals surface area (Å²) < 4.78 is 7.94. The van der Waals surface area contributed by atoms with Crippen molar-refractivity contribution in [1.82, 2.24) is 0 Å². The summed E-state index contributed by atoms with van der Waals surface area (Å²) in [6.45, 7) is 0. The molecule has 0 aliphatic carbocycles. The van der Waals surface area contributed by atoms with Crippen LogP contribution in [0.5, 0.6) is 0 Å². The molecule has 0 unspecified atom stereocenters. The number of hydrogen-bond donors (Lipinski definition) is 0. The normalized spacial score (nSPS) is 13.2. The Bertz CT molecular complexity index is 2310. The van der Waals surface area contributed by atoms with E-state index in [0.29, 0.717) is 0 Å². The summed E-state index contributed by atoms with van der Waals surface area (Å²) in [5.41, 5.74) is -13.0. The van der Waals surface area contributed by atoms with E-state index in [1.807, 2.05) is 54.6 Å². The zero-order valence-corrected chi connectivity index (χ0v) is 42.8. The third-order valence-corrected chi connectivity index (χ3v) is 96.2. The Hall–Kier alpha value is -4.55. The number of carbonyl (C=O) groups excluding carboxylic acids is 1. The quantitative estimate of drug-likeness (QED) is 0.105. The molecule has 0 bridgehead atoms. The van der Waals surface area contributed by atoms with Crippen LogP contribution in [0.15, 0.2) is 273 Å². The van der Waals surface area contributed by atoms with E-state index in [2.05, 4.69) is 218 Å². The first-order valence-electron chi connectivity index (χ1n) is 20.8. The predicted molar refractivity (Wildman–Crippen MR) is 272 cm³/mol. The number of halogens is 1. The van der Waals surface area contributed by atoms with Crippen molar-refractivity contribution < 1.29 is 54.5 Å².